The minimum Gasteiger partial charge on any atom is -0.268 e. The molecule has 0 saturated carbocycles. The van der Waals surface area contributed by atoms with E-state index in [1.165, 1.54) is 0 Å². The number of alkyl halides is 3. The predicted molar refractivity (Wildman–Crippen MR) is 88.5 cm³/mol. The molecule has 0 aliphatic carbocycles. The van der Waals surface area contributed by atoms with Gasteiger partial charge >= 0.3 is 0 Å². The molecule has 3 nitrogen and oxygen atoms in total. The highest BCUT2D eigenvalue weighted by Crippen LogP contribution is 2.41. The van der Waals surface area contributed by atoms with Crippen molar-refractivity contribution in [2.75, 3.05) is 6.54 Å². The van der Waals surface area contributed by atoms with Gasteiger partial charge in [-0.15, -0.1) is 0 Å². The minimum absolute atomic E-state index is 0.180. The summed E-state index contributed by atoms with van der Waals surface area (Å²) >= 11 is 17.8. The van der Waals surface area contributed by atoms with Gasteiger partial charge in [-0.2, -0.15) is 5.26 Å². The Morgan fingerprint density at radius 2 is 1.86 bits per heavy atom. The monoisotopic (exact) mass is 358 g/mol. The summed E-state index contributed by atoms with van der Waals surface area (Å²) in [6.07, 6.45) is 0. The lowest BCUT2D eigenvalue weighted by Crippen LogP contribution is -2.27. The quantitative estimate of drug-likeness (QED) is 0.450. The van der Waals surface area contributed by atoms with Crippen molar-refractivity contribution in [2.24, 2.45) is 0 Å². The number of hydrogen-bond acceptors (Lipinski definition) is 3. The summed E-state index contributed by atoms with van der Waals surface area (Å²) in [6.45, 7) is -0.180. The molecule has 0 radical (unpaired) electrons. The number of rotatable bonds is 3. The van der Waals surface area contributed by atoms with Crippen LogP contribution in [0.1, 0.15) is 10.4 Å². The molecule has 0 fully saturated rings. The summed E-state index contributed by atoms with van der Waals surface area (Å²) in [7, 11) is 0. The second-order valence-corrected chi connectivity index (χ2v) is 8.25. The van der Waals surface area contributed by atoms with Crippen LogP contribution in [0.3, 0.4) is 0 Å². The number of fused-ring (bicyclic) bond motifs is 1. The van der Waals surface area contributed by atoms with Gasteiger partial charge in [-0.3, -0.25) is 9.10 Å². The van der Waals surface area contributed by atoms with Crippen LogP contribution in [-0.4, -0.2) is 19.9 Å². The van der Waals surface area contributed by atoms with Gasteiger partial charge in [0.2, 0.25) is 0 Å². The number of carbonyl (C=O) groups excluding carboxylic acids is 1. The number of nitrogens with zero attached hydrogens (tertiary/aromatic N) is 2. The van der Waals surface area contributed by atoms with E-state index < -0.39 is 3.12 Å². The number of halogens is 3. The molecule has 0 aliphatic rings. The van der Waals surface area contributed by atoms with Crippen molar-refractivity contribution in [2.45, 2.75) is 3.12 Å². The van der Waals surface area contributed by atoms with Crippen LogP contribution in [0.2, 0.25) is 0 Å². The molecule has 0 bridgehead atoms. The zero-order valence-electron chi connectivity index (χ0n) is 10.6. The van der Waals surface area contributed by atoms with Gasteiger partial charge in [0, 0.05) is 17.5 Å². The molecule has 0 spiro atoms. The Balaban J connectivity index is 2.42. The first-order valence-electron chi connectivity index (χ1n) is 5.85. The minimum atomic E-state index is -1.71. The summed E-state index contributed by atoms with van der Waals surface area (Å²) in [5, 5.41) is 10.6. The standard InChI is InChI=1S/C14H9Cl3N2OS/c15-14(16,17)21-19(9-8-18)13(20)12-7-3-5-10-4-1-2-6-11(10)12/h1-7H,9H2. The lowest BCUT2D eigenvalue weighted by atomic mass is 10.0. The second kappa shape index (κ2) is 6.76. The Morgan fingerprint density at radius 1 is 1.19 bits per heavy atom. The molecule has 21 heavy (non-hydrogen) atoms. The van der Waals surface area contributed by atoms with Crippen molar-refractivity contribution >= 4 is 63.4 Å². The molecule has 2 aromatic rings. The highest BCUT2D eigenvalue weighted by Gasteiger charge is 2.29. The first-order valence-corrected chi connectivity index (χ1v) is 7.75. The number of carbonyl (C=O) groups is 1. The van der Waals surface area contributed by atoms with Crippen molar-refractivity contribution in [1.82, 2.24) is 4.31 Å². The van der Waals surface area contributed by atoms with E-state index in [2.05, 4.69) is 0 Å². The summed E-state index contributed by atoms with van der Waals surface area (Å²) in [6, 6.07) is 14.7. The fraction of sp³-hybridized carbons (Fsp3) is 0.143. The molecule has 0 heterocycles. The van der Waals surface area contributed by atoms with Gasteiger partial charge in [-0.05, 0) is 16.8 Å². The molecule has 2 aromatic carbocycles. The normalized spacial score (nSPS) is 11.1. The Bertz CT molecular complexity index is 704. The third-order valence-corrected chi connectivity index (χ3v) is 4.02. The van der Waals surface area contributed by atoms with Gasteiger partial charge in [0.05, 0.1) is 6.07 Å². The van der Waals surface area contributed by atoms with Gasteiger partial charge in [0.25, 0.3) is 9.03 Å². The van der Waals surface area contributed by atoms with E-state index >= 15 is 0 Å². The smallest absolute Gasteiger partial charge is 0.265 e. The molecule has 108 valence electrons. The molecular formula is C14H9Cl3N2OS. The number of nitriles is 1. The first kappa shape index (κ1) is 16.3. The predicted octanol–water partition coefficient (Wildman–Crippen LogP) is 4.78. The molecule has 0 N–H and O–H groups in total. The van der Waals surface area contributed by atoms with Gasteiger partial charge in [0.1, 0.15) is 6.54 Å². The maximum Gasteiger partial charge on any atom is 0.265 e. The molecule has 0 aliphatic heterocycles. The lowest BCUT2D eigenvalue weighted by molar-refractivity contribution is 0.0884. The van der Waals surface area contributed by atoms with Crippen LogP contribution in [0, 0.1) is 11.3 Å². The fourth-order valence-electron chi connectivity index (χ4n) is 1.88. The highest BCUT2D eigenvalue weighted by atomic mass is 35.6. The SMILES string of the molecule is N#CCN(SC(Cl)(Cl)Cl)C(=O)c1cccc2ccccc12. The van der Waals surface area contributed by atoms with E-state index in [0.29, 0.717) is 17.5 Å². The maximum atomic E-state index is 12.6. The summed E-state index contributed by atoms with van der Waals surface area (Å²) < 4.78 is -0.564. The summed E-state index contributed by atoms with van der Waals surface area (Å²) in [4.78, 5) is 12.6. The largest absolute Gasteiger partial charge is 0.268 e. The van der Waals surface area contributed by atoms with Crippen LogP contribution in [0.5, 0.6) is 0 Å². The molecule has 0 atom stereocenters. The Hall–Kier alpha value is -1.12. The van der Waals surface area contributed by atoms with Crippen LogP contribution in [0.4, 0.5) is 0 Å². The van der Waals surface area contributed by atoms with Crippen LogP contribution in [0.15, 0.2) is 42.5 Å². The maximum absolute atomic E-state index is 12.6. The average molecular weight is 360 g/mol. The van der Waals surface area contributed by atoms with Crippen molar-refractivity contribution in [3.05, 3.63) is 48.0 Å². The van der Waals surface area contributed by atoms with E-state index in [0.717, 1.165) is 15.1 Å². The summed E-state index contributed by atoms with van der Waals surface area (Å²) in [5.74, 6) is -0.371. The molecular weight excluding hydrogens is 351 g/mol. The Morgan fingerprint density at radius 3 is 2.52 bits per heavy atom. The topological polar surface area (TPSA) is 44.1 Å². The van der Waals surface area contributed by atoms with Gasteiger partial charge < -0.3 is 0 Å². The van der Waals surface area contributed by atoms with E-state index in [9.17, 15) is 4.79 Å². The van der Waals surface area contributed by atoms with Crippen LogP contribution >= 0.6 is 46.8 Å². The van der Waals surface area contributed by atoms with Crippen molar-refractivity contribution in [1.29, 1.82) is 5.26 Å². The van der Waals surface area contributed by atoms with Crippen molar-refractivity contribution < 1.29 is 4.79 Å². The molecule has 1 amide bonds. The zero-order valence-corrected chi connectivity index (χ0v) is 13.7. The van der Waals surface area contributed by atoms with Gasteiger partial charge in [-0.25, -0.2) is 0 Å². The van der Waals surface area contributed by atoms with Gasteiger partial charge in [-0.1, -0.05) is 71.2 Å². The molecule has 2 rings (SSSR count). The van der Waals surface area contributed by atoms with Crippen molar-refractivity contribution in [3.8, 4) is 6.07 Å². The van der Waals surface area contributed by atoms with Crippen molar-refractivity contribution in [3.63, 3.8) is 0 Å². The third kappa shape index (κ3) is 4.18. The Kier molecular flexibility index (Phi) is 5.23. The van der Waals surface area contributed by atoms with E-state index in [4.69, 9.17) is 40.1 Å². The molecule has 0 saturated heterocycles. The summed E-state index contributed by atoms with van der Waals surface area (Å²) in [5.41, 5.74) is 0.463. The lowest BCUT2D eigenvalue weighted by Gasteiger charge is -2.22. The van der Waals surface area contributed by atoms with E-state index in [1.807, 2.05) is 36.4 Å². The van der Waals surface area contributed by atoms with E-state index in [1.54, 1.807) is 12.1 Å². The second-order valence-electron chi connectivity index (χ2n) is 4.06. The van der Waals surface area contributed by atoms with E-state index in [-0.39, 0.29) is 12.5 Å². The third-order valence-electron chi connectivity index (χ3n) is 2.67. The zero-order chi connectivity index (χ0) is 15.5. The van der Waals surface area contributed by atoms with Crippen LogP contribution in [0.25, 0.3) is 10.8 Å². The molecule has 0 unspecified atom stereocenters. The van der Waals surface area contributed by atoms with Gasteiger partial charge in [0.15, 0.2) is 0 Å². The highest BCUT2D eigenvalue weighted by molar-refractivity contribution is 8.03. The Labute approximate surface area is 141 Å². The fourth-order valence-corrected chi connectivity index (χ4v) is 3.18. The number of hydrogen-bond donors (Lipinski definition) is 0. The average Bonchev–Trinajstić information content (AvgIpc) is 2.44. The molecule has 7 heteroatoms. The van der Waals surface area contributed by atoms with Crippen LogP contribution < -0.4 is 0 Å². The van der Waals surface area contributed by atoms with Crippen LogP contribution in [-0.2, 0) is 0 Å². The first-order chi connectivity index (χ1) is 9.92. The molecule has 0 aromatic heterocycles. The number of amides is 1. The number of benzene rings is 2.